The van der Waals surface area contributed by atoms with E-state index in [0.29, 0.717) is 0 Å². The van der Waals surface area contributed by atoms with E-state index in [0.717, 1.165) is 0 Å². The third kappa shape index (κ3) is 0.906. The molecule has 2 rings (SSSR count). The summed E-state index contributed by atoms with van der Waals surface area (Å²) in [6, 6.07) is 0. The van der Waals surface area contributed by atoms with Crippen molar-refractivity contribution in [1.82, 2.24) is 0 Å². The van der Waals surface area contributed by atoms with E-state index >= 15 is 0 Å². The van der Waals surface area contributed by atoms with Crippen molar-refractivity contribution in [1.29, 1.82) is 0 Å². The highest BCUT2D eigenvalue weighted by molar-refractivity contribution is 6.37. The number of Topliss-reactive ketones (excluding diaryl/α,β-unsaturated/α-hetero) is 1. The van der Waals surface area contributed by atoms with E-state index in [1.165, 1.54) is 7.11 Å². The van der Waals surface area contributed by atoms with E-state index in [1.807, 2.05) is 0 Å². The molecule has 0 N–H and O–H groups in total. The number of epoxide rings is 1. The molecular weight excluding hydrogens is 172 g/mol. The highest BCUT2D eigenvalue weighted by Gasteiger charge is 2.68. The predicted molar refractivity (Wildman–Crippen MR) is 35.2 cm³/mol. The molecule has 2 aliphatic heterocycles. The second kappa shape index (κ2) is 2.17. The van der Waals surface area contributed by atoms with Crippen LogP contribution in [0.1, 0.15) is 0 Å². The van der Waals surface area contributed by atoms with Crippen LogP contribution in [0.4, 0.5) is 0 Å². The lowest BCUT2D eigenvalue weighted by Crippen LogP contribution is -2.40. The fourth-order valence-corrected chi connectivity index (χ4v) is 1.39. The van der Waals surface area contributed by atoms with Gasteiger partial charge < -0.3 is 14.2 Å². The van der Waals surface area contributed by atoms with Gasteiger partial charge in [0.1, 0.15) is 6.61 Å². The van der Waals surface area contributed by atoms with Crippen LogP contribution in [0.3, 0.4) is 0 Å². The van der Waals surface area contributed by atoms with Crippen LogP contribution in [-0.2, 0) is 19.0 Å². The monoisotopic (exact) mass is 178 g/mol. The Balaban J connectivity index is 2.12. The summed E-state index contributed by atoms with van der Waals surface area (Å²) in [4.78, 5) is 11.0. The van der Waals surface area contributed by atoms with Crippen LogP contribution >= 0.6 is 11.6 Å². The lowest BCUT2D eigenvalue weighted by molar-refractivity contribution is -0.158. The standard InChI is InChI=1S/C6H7ClO4/c1-9-5-4-6(7,11-4)3(8)2-10-5/h4-5H,2H2,1H3. The van der Waals surface area contributed by atoms with Gasteiger partial charge in [-0.3, -0.25) is 4.79 Å². The number of ether oxygens (including phenoxy) is 3. The Kier molecular flexibility index (Phi) is 1.47. The number of methoxy groups -OCH3 is 1. The number of fused-ring (bicyclic) bond motifs is 1. The number of hydrogen-bond donors (Lipinski definition) is 0. The molecule has 0 spiro atoms. The van der Waals surface area contributed by atoms with Crippen molar-refractivity contribution in [3.63, 3.8) is 0 Å². The van der Waals surface area contributed by atoms with Crippen molar-refractivity contribution in [3.05, 3.63) is 0 Å². The topological polar surface area (TPSA) is 48.1 Å². The maximum Gasteiger partial charge on any atom is 0.234 e. The average Bonchev–Trinajstić information content (AvgIpc) is 2.65. The summed E-state index contributed by atoms with van der Waals surface area (Å²) < 4.78 is 14.8. The van der Waals surface area contributed by atoms with E-state index in [-0.39, 0.29) is 12.4 Å². The number of ketones is 1. The van der Waals surface area contributed by atoms with Gasteiger partial charge in [0, 0.05) is 7.11 Å². The first-order valence-corrected chi connectivity index (χ1v) is 3.60. The fraction of sp³-hybridized carbons (Fsp3) is 0.833. The van der Waals surface area contributed by atoms with Crippen LogP contribution < -0.4 is 0 Å². The average molecular weight is 179 g/mol. The molecule has 11 heavy (non-hydrogen) atoms. The van der Waals surface area contributed by atoms with E-state index in [2.05, 4.69) is 0 Å². The van der Waals surface area contributed by atoms with Crippen molar-refractivity contribution >= 4 is 17.4 Å². The molecule has 0 bridgehead atoms. The Morgan fingerprint density at radius 3 is 3.18 bits per heavy atom. The van der Waals surface area contributed by atoms with Gasteiger partial charge in [0.2, 0.25) is 10.8 Å². The molecule has 0 radical (unpaired) electrons. The molecule has 2 saturated heterocycles. The summed E-state index contributed by atoms with van der Waals surface area (Å²) in [5.74, 6) is -0.225. The van der Waals surface area contributed by atoms with Crippen LogP contribution in [0.2, 0.25) is 0 Å². The maximum absolute atomic E-state index is 11.0. The molecule has 2 heterocycles. The van der Waals surface area contributed by atoms with E-state index in [9.17, 15) is 4.79 Å². The zero-order chi connectivity index (χ0) is 8.06. The minimum absolute atomic E-state index is 0.0293. The van der Waals surface area contributed by atoms with E-state index < -0.39 is 17.5 Å². The maximum atomic E-state index is 11.0. The summed E-state index contributed by atoms with van der Waals surface area (Å²) in [6.45, 7) is -0.0293. The first-order chi connectivity index (χ1) is 5.18. The molecule has 3 atom stereocenters. The third-order valence-electron chi connectivity index (χ3n) is 1.85. The van der Waals surface area contributed by atoms with Gasteiger partial charge in [-0.25, -0.2) is 0 Å². The number of rotatable bonds is 1. The largest absolute Gasteiger partial charge is 0.353 e. The number of carbonyl (C=O) groups is 1. The van der Waals surface area contributed by atoms with Gasteiger partial charge >= 0.3 is 0 Å². The van der Waals surface area contributed by atoms with Gasteiger partial charge in [0.15, 0.2) is 12.4 Å². The molecule has 4 nitrogen and oxygen atoms in total. The van der Waals surface area contributed by atoms with Crippen molar-refractivity contribution in [3.8, 4) is 0 Å². The molecular formula is C6H7ClO4. The summed E-state index contributed by atoms with van der Waals surface area (Å²) in [5.41, 5.74) is 0. The van der Waals surface area contributed by atoms with Crippen LogP contribution in [0.15, 0.2) is 0 Å². The quantitative estimate of drug-likeness (QED) is 0.415. The molecule has 3 unspecified atom stereocenters. The molecule has 0 aromatic heterocycles. The highest BCUT2D eigenvalue weighted by atomic mass is 35.5. The van der Waals surface area contributed by atoms with Crippen LogP contribution in [-0.4, -0.2) is 37.0 Å². The van der Waals surface area contributed by atoms with Gasteiger partial charge in [-0.05, 0) is 0 Å². The summed E-state index contributed by atoms with van der Waals surface area (Å²) in [5, 5.41) is -1.14. The second-order valence-corrected chi connectivity index (χ2v) is 3.08. The van der Waals surface area contributed by atoms with Crippen molar-refractivity contribution in [2.24, 2.45) is 0 Å². The third-order valence-corrected chi connectivity index (χ3v) is 2.36. The molecule has 2 fully saturated rings. The summed E-state index contributed by atoms with van der Waals surface area (Å²) in [7, 11) is 1.49. The normalized spacial score (nSPS) is 48.7. The Bertz CT molecular complexity index is 207. The molecule has 5 heteroatoms. The summed E-state index contributed by atoms with van der Waals surface area (Å²) >= 11 is 5.74. The van der Waals surface area contributed by atoms with Crippen molar-refractivity contribution in [2.75, 3.05) is 13.7 Å². The Morgan fingerprint density at radius 1 is 1.82 bits per heavy atom. The Morgan fingerprint density at radius 2 is 2.55 bits per heavy atom. The minimum Gasteiger partial charge on any atom is -0.353 e. The van der Waals surface area contributed by atoms with E-state index in [4.69, 9.17) is 25.8 Å². The van der Waals surface area contributed by atoms with Crippen molar-refractivity contribution in [2.45, 2.75) is 17.5 Å². The predicted octanol–water partition coefficient (Wildman–Crippen LogP) is -0.108. The van der Waals surface area contributed by atoms with Crippen LogP contribution in [0.25, 0.3) is 0 Å². The number of carbonyl (C=O) groups excluding carboxylic acids is 1. The highest BCUT2D eigenvalue weighted by Crippen LogP contribution is 2.47. The number of alkyl halides is 1. The number of hydrogen-bond acceptors (Lipinski definition) is 4. The van der Waals surface area contributed by atoms with Crippen LogP contribution in [0, 0.1) is 0 Å². The van der Waals surface area contributed by atoms with Gasteiger partial charge in [0.05, 0.1) is 0 Å². The van der Waals surface area contributed by atoms with Gasteiger partial charge in [-0.15, -0.1) is 0 Å². The Labute approximate surface area is 68.4 Å². The lowest BCUT2D eigenvalue weighted by atomic mass is 10.2. The minimum atomic E-state index is -1.14. The smallest absolute Gasteiger partial charge is 0.234 e. The van der Waals surface area contributed by atoms with Crippen LogP contribution in [0.5, 0.6) is 0 Å². The lowest BCUT2D eigenvalue weighted by Gasteiger charge is -2.18. The second-order valence-electron chi connectivity index (χ2n) is 2.52. The molecule has 0 amide bonds. The molecule has 0 aromatic rings. The zero-order valence-electron chi connectivity index (χ0n) is 5.87. The Hall–Kier alpha value is -0.160. The first kappa shape index (κ1) is 7.49. The van der Waals surface area contributed by atoms with Gasteiger partial charge in [-0.2, -0.15) is 0 Å². The van der Waals surface area contributed by atoms with E-state index in [1.54, 1.807) is 0 Å². The summed E-state index contributed by atoms with van der Waals surface area (Å²) in [6.07, 6.45) is -0.916. The molecule has 0 aromatic carbocycles. The van der Waals surface area contributed by atoms with Crippen molar-refractivity contribution < 1.29 is 19.0 Å². The van der Waals surface area contributed by atoms with Gasteiger partial charge in [-0.1, -0.05) is 11.6 Å². The molecule has 0 saturated carbocycles. The molecule has 2 aliphatic rings. The first-order valence-electron chi connectivity index (χ1n) is 3.23. The van der Waals surface area contributed by atoms with Gasteiger partial charge in [0.25, 0.3) is 0 Å². The SMILES string of the molecule is COC1OCC(=O)C2(Cl)OC12. The molecule has 0 aliphatic carbocycles. The zero-order valence-corrected chi connectivity index (χ0v) is 6.63. The molecule has 62 valence electrons. The number of halogens is 1. The fourth-order valence-electron chi connectivity index (χ4n) is 1.14.